The van der Waals surface area contributed by atoms with Crippen LogP contribution in [0.25, 0.3) is 10.8 Å². The van der Waals surface area contributed by atoms with Gasteiger partial charge in [-0.05, 0) is 86.7 Å². The number of carbonyl (C=O) groups is 2. The summed E-state index contributed by atoms with van der Waals surface area (Å²) >= 11 is 0. The number of methoxy groups -OCH3 is 1. The molecular formula is C36H39NO5. The lowest BCUT2D eigenvalue weighted by molar-refractivity contribution is 0.00569. The van der Waals surface area contributed by atoms with Gasteiger partial charge in [0.05, 0.1) is 25.3 Å². The first-order valence-electron chi connectivity index (χ1n) is 14.5. The number of benzene rings is 4. The number of rotatable bonds is 6. The predicted octanol–water partition coefficient (Wildman–Crippen LogP) is 8.22. The number of esters is 1. The van der Waals surface area contributed by atoms with Gasteiger partial charge in [-0.1, -0.05) is 66.7 Å². The van der Waals surface area contributed by atoms with Gasteiger partial charge in [0, 0.05) is 11.5 Å². The zero-order valence-electron chi connectivity index (χ0n) is 25.2. The molecule has 0 N–H and O–H groups in total. The molecule has 6 heteroatoms. The Hall–Kier alpha value is -4.32. The summed E-state index contributed by atoms with van der Waals surface area (Å²) in [5.74, 6) is 0.385. The normalized spacial score (nSPS) is 17.1. The van der Waals surface area contributed by atoms with Crippen molar-refractivity contribution in [1.82, 2.24) is 4.90 Å². The SMILES string of the molecule is COC(=O)c1cc(C)cc(C2C[C@H](CN(C(=O)OC(C)(C)C)[C@H](C)c3cccc4ccccc34)Oc3ccccc32)c1. The van der Waals surface area contributed by atoms with Gasteiger partial charge in [0.1, 0.15) is 17.5 Å². The van der Waals surface area contributed by atoms with Gasteiger partial charge in [0.25, 0.3) is 0 Å². The van der Waals surface area contributed by atoms with E-state index >= 15 is 0 Å². The fraction of sp³-hybridized carbons (Fsp3) is 0.333. The number of nitrogens with zero attached hydrogens (tertiary/aromatic N) is 1. The highest BCUT2D eigenvalue weighted by molar-refractivity contribution is 5.90. The second-order valence-corrected chi connectivity index (χ2v) is 12.1. The van der Waals surface area contributed by atoms with Crippen LogP contribution in [0, 0.1) is 6.92 Å². The highest BCUT2D eigenvalue weighted by Gasteiger charge is 2.35. The Morgan fingerprint density at radius 1 is 0.976 bits per heavy atom. The van der Waals surface area contributed by atoms with E-state index in [0.29, 0.717) is 18.5 Å². The van der Waals surface area contributed by atoms with Crippen LogP contribution in [-0.2, 0) is 9.47 Å². The maximum Gasteiger partial charge on any atom is 0.410 e. The van der Waals surface area contributed by atoms with E-state index in [1.165, 1.54) is 7.11 Å². The smallest absolute Gasteiger partial charge is 0.410 e. The van der Waals surface area contributed by atoms with Crippen molar-refractivity contribution in [2.75, 3.05) is 13.7 Å². The van der Waals surface area contributed by atoms with Crippen LogP contribution in [0.15, 0.2) is 84.9 Å². The Kier molecular flexibility index (Phi) is 8.26. The number of fused-ring (bicyclic) bond motifs is 2. The van der Waals surface area contributed by atoms with Gasteiger partial charge >= 0.3 is 12.1 Å². The molecule has 1 unspecified atom stereocenters. The second kappa shape index (κ2) is 11.9. The zero-order valence-corrected chi connectivity index (χ0v) is 25.2. The summed E-state index contributed by atoms with van der Waals surface area (Å²) in [5.41, 5.74) is 3.97. The van der Waals surface area contributed by atoms with Gasteiger partial charge in [-0.3, -0.25) is 4.90 Å². The molecule has 0 radical (unpaired) electrons. The summed E-state index contributed by atoms with van der Waals surface area (Å²) in [6.07, 6.45) is -0.0646. The third-order valence-electron chi connectivity index (χ3n) is 7.78. The van der Waals surface area contributed by atoms with Crippen molar-refractivity contribution in [1.29, 1.82) is 0 Å². The molecule has 1 amide bonds. The monoisotopic (exact) mass is 565 g/mol. The molecule has 5 rings (SSSR count). The number of amides is 1. The number of hydrogen-bond acceptors (Lipinski definition) is 5. The van der Waals surface area contributed by atoms with Gasteiger partial charge in [-0.25, -0.2) is 9.59 Å². The quantitative estimate of drug-likeness (QED) is 0.220. The van der Waals surface area contributed by atoms with E-state index in [4.69, 9.17) is 14.2 Å². The maximum atomic E-state index is 13.8. The van der Waals surface area contributed by atoms with E-state index in [1.54, 1.807) is 4.90 Å². The van der Waals surface area contributed by atoms with Crippen LogP contribution in [0.3, 0.4) is 0 Å². The molecule has 4 aromatic rings. The Labute approximate surface area is 248 Å². The molecule has 0 bridgehead atoms. The number of aryl methyl sites for hydroxylation is 1. The summed E-state index contributed by atoms with van der Waals surface area (Å²) in [5, 5.41) is 2.22. The number of carbonyl (C=O) groups excluding carboxylic acids is 2. The molecule has 1 aliphatic rings. The molecule has 3 atom stereocenters. The van der Waals surface area contributed by atoms with Crippen LogP contribution in [0.4, 0.5) is 4.79 Å². The molecule has 1 aliphatic heterocycles. The Morgan fingerprint density at radius 3 is 2.45 bits per heavy atom. The molecule has 218 valence electrons. The van der Waals surface area contributed by atoms with Gasteiger partial charge < -0.3 is 14.2 Å². The minimum atomic E-state index is -0.651. The van der Waals surface area contributed by atoms with Gasteiger partial charge in [-0.2, -0.15) is 0 Å². The number of hydrogen-bond donors (Lipinski definition) is 0. The average molecular weight is 566 g/mol. The lowest BCUT2D eigenvalue weighted by Gasteiger charge is -2.38. The summed E-state index contributed by atoms with van der Waals surface area (Å²) in [7, 11) is 1.40. The first-order valence-corrected chi connectivity index (χ1v) is 14.5. The summed E-state index contributed by atoms with van der Waals surface area (Å²) in [6, 6.07) is 28.0. The maximum absolute atomic E-state index is 13.8. The lowest BCUT2D eigenvalue weighted by atomic mass is 9.82. The Balaban J connectivity index is 1.52. The lowest BCUT2D eigenvalue weighted by Crippen LogP contribution is -2.45. The second-order valence-electron chi connectivity index (χ2n) is 12.1. The fourth-order valence-corrected chi connectivity index (χ4v) is 5.88. The molecule has 0 saturated heterocycles. The number of ether oxygens (including phenoxy) is 3. The summed E-state index contributed by atoms with van der Waals surface area (Å²) in [4.78, 5) is 28.0. The van der Waals surface area contributed by atoms with Gasteiger partial charge in [0.2, 0.25) is 0 Å². The van der Waals surface area contributed by atoms with E-state index in [-0.39, 0.29) is 30.1 Å². The van der Waals surface area contributed by atoms with E-state index in [9.17, 15) is 9.59 Å². The fourth-order valence-electron chi connectivity index (χ4n) is 5.88. The first-order chi connectivity index (χ1) is 20.0. The topological polar surface area (TPSA) is 65.1 Å². The van der Waals surface area contributed by atoms with Crippen molar-refractivity contribution in [3.8, 4) is 5.75 Å². The van der Waals surface area contributed by atoms with E-state index in [0.717, 1.165) is 38.8 Å². The third kappa shape index (κ3) is 6.28. The largest absolute Gasteiger partial charge is 0.488 e. The van der Waals surface area contributed by atoms with Crippen molar-refractivity contribution < 1.29 is 23.8 Å². The van der Waals surface area contributed by atoms with E-state index < -0.39 is 5.60 Å². The third-order valence-corrected chi connectivity index (χ3v) is 7.78. The Morgan fingerprint density at radius 2 is 1.69 bits per heavy atom. The van der Waals surface area contributed by atoms with Crippen LogP contribution in [-0.4, -0.2) is 42.3 Å². The standard InChI is InChI=1S/C36H39NO5/c1-23-18-26(20-27(19-23)34(38)40-6)32-21-28(41-33-17-10-9-15-31(32)33)22-37(35(39)42-36(3,4)5)24(2)29-16-11-13-25-12-7-8-14-30(25)29/h7-20,24,28,32H,21-22H2,1-6H3/t24-,28-,32?/m1/s1. The molecule has 4 aromatic carbocycles. The summed E-state index contributed by atoms with van der Waals surface area (Å²) < 4.78 is 17.5. The van der Waals surface area contributed by atoms with Crippen LogP contribution in [0.1, 0.15) is 78.7 Å². The molecule has 42 heavy (non-hydrogen) atoms. The van der Waals surface area contributed by atoms with Crippen LogP contribution in [0.2, 0.25) is 0 Å². The Bertz CT molecular complexity index is 1600. The van der Waals surface area contributed by atoms with E-state index in [2.05, 4.69) is 36.4 Å². The molecule has 0 saturated carbocycles. The van der Waals surface area contributed by atoms with Crippen molar-refractivity contribution in [2.45, 2.75) is 64.7 Å². The first kappa shape index (κ1) is 29.2. The number of para-hydroxylation sites is 1. The van der Waals surface area contributed by atoms with Gasteiger partial charge in [-0.15, -0.1) is 0 Å². The zero-order chi connectivity index (χ0) is 30.0. The molecule has 0 spiro atoms. The molecule has 0 fully saturated rings. The van der Waals surface area contributed by atoms with Crippen LogP contribution < -0.4 is 4.74 Å². The van der Waals surface area contributed by atoms with Crippen molar-refractivity contribution >= 4 is 22.8 Å². The van der Waals surface area contributed by atoms with Crippen LogP contribution in [0.5, 0.6) is 5.75 Å². The van der Waals surface area contributed by atoms with E-state index in [1.807, 2.05) is 83.1 Å². The molecule has 1 heterocycles. The molecule has 6 nitrogen and oxygen atoms in total. The van der Waals surface area contributed by atoms with Crippen molar-refractivity contribution in [3.05, 3.63) is 113 Å². The summed E-state index contributed by atoms with van der Waals surface area (Å²) in [6.45, 7) is 10.0. The van der Waals surface area contributed by atoms with Gasteiger partial charge in [0.15, 0.2) is 0 Å². The highest BCUT2D eigenvalue weighted by atomic mass is 16.6. The van der Waals surface area contributed by atoms with Crippen LogP contribution >= 0.6 is 0 Å². The van der Waals surface area contributed by atoms with Crippen molar-refractivity contribution in [2.24, 2.45) is 0 Å². The highest BCUT2D eigenvalue weighted by Crippen LogP contribution is 2.42. The van der Waals surface area contributed by atoms with Crippen molar-refractivity contribution in [3.63, 3.8) is 0 Å². The minimum Gasteiger partial charge on any atom is -0.488 e. The molecule has 0 aromatic heterocycles. The molecular weight excluding hydrogens is 526 g/mol. The average Bonchev–Trinajstić information content (AvgIpc) is 2.97. The molecule has 0 aliphatic carbocycles. The minimum absolute atomic E-state index is 0.0309. The predicted molar refractivity (Wildman–Crippen MR) is 165 cm³/mol.